The SMILES string of the molecule is C/C=C\C.C=C/C=C\C.C=Cc1c(/C(=C\C)c2cccc(-c3ccc(-n4c5c(c6c7c(ccc64)C(C)CC=C7)-c4ccccc4CC5)cc3)c2)oc2ccccc12. The lowest BCUT2D eigenvalue weighted by molar-refractivity contribution is 0.599. The highest BCUT2D eigenvalue weighted by atomic mass is 16.3. The van der Waals surface area contributed by atoms with Crippen LogP contribution in [-0.4, -0.2) is 4.57 Å². The summed E-state index contributed by atoms with van der Waals surface area (Å²) >= 11 is 0. The predicted molar refractivity (Wildman–Crippen MR) is 248 cm³/mol. The van der Waals surface area contributed by atoms with Crippen molar-refractivity contribution in [1.29, 1.82) is 0 Å². The molecule has 2 heterocycles. The Morgan fingerprint density at radius 2 is 1.54 bits per heavy atom. The molecule has 0 amide bonds. The number of furan rings is 1. The third-order valence-corrected chi connectivity index (χ3v) is 11.2. The fourth-order valence-corrected chi connectivity index (χ4v) is 8.36. The summed E-state index contributed by atoms with van der Waals surface area (Å²) < 4.78 is 8.93. The molecule has 0 saturated carbocycles. The Bertz CT molecular complexity index is 2680. The first-order valence-electron chi connectivity index (χ1n) is 20.3. The number of allylic oxidation sites excluding steroid dienone is 7. The van der Waals surface area contributed by atoms with E-state index in [1.807, 2.05) is 69.4 Å². The van der Waals surface area contributed by atoms with E-state index in [-0.39, 0.29) is 0 Å². The fraction of sp³-hybridized carbons (Fsp3) is 0.164. The highest BCUT2D eigenvalue weighted by molar-refractivity contribution is 6.06. The average molecular weight is 744 g/mol. The topological polar surface area (TPSA) is 18.1 Å². The van der Waals surface area contributed by atoms with Gasteiger partial charge in [-0.25, -0.2) is 0 Å². The molecular formula is C55H53NO. The normalized spacial score (nSPS) is 14.4. The molecule has 2 aliphatic carbocycles. The lowest BCUT2D eigenvalue weighted by atomic mass is 9.82. The van der Waals surface area contributed by atoms with E-state index in [1.54, 1.807) is 6.08 Å². The second kappa shape index (κ2) is 17.6. The molecule has 0 saturated heterocycles. The molecule has 1 atom stereocenters. The van der Waals surface area contributed by atoms with Crippen LogP contribution in [0.4, 0.5) is 0 Å². The molecule has 0 bridgehead atoms. The van der Waals surface area contributed by atoms with E-state index in [1.165, 1.54) is 61.2 Å². The van der Waals surface area contributed by atoms with Crippen LogP contribution in [0.25, 0.3) is 67.5 Å². The summed E-state index contributed by atoms with van der Waals surface area (Å²) in [6.45, 7) is 18.0. The van der Waals surface area contributed by atoms with Crippen molar-refractivity contribution in [2.75, 3.05) is 0 Å². The number of rotatable bonds is 6. The number of nitrogens with zero attached hydrogens (tertiary/aromatic N) is 1. The predicted octanol–water partition coefficient (Wildman–Crippen LogP) is 15.8. The van der Waals surface area contributed by atoms with Crippen LogP contribution in [0, 0.1) is 0 Å². The van der Waals surface area contributed by atoms with Crippen LogP contribution in [0.5, 0.6) is 0 Å². The maximum absolute atomic E-state index is 6.40. The Labute approximate surface area is 339 Å². The second-order valence-electron chi connectivity index (χ2n) is 14.6. The molecule has 57 heavy (non-hydrogen) atoms. The summed E-state index contributed by atoms with van der Waals surface area (Å²) in [7, 11) is 0. The minimum absolute atomic E-state index is 0.528. The van der Waals surface area contributed by atoms with E-state index < -0.39 is 0 Å². The van der Waals surface area contributed by atoms with E-state index in [9.17, 15) is 0 Å². The molecule has 0 fully saturated rings. The van der Waals surface area contributed by atoms with Crippen molar-refractivity contribution in [3.8, 4) is 27.9 Å². The number of hydrogen-bond acceptors (Lipinski definition) is 1. The van der Waals surface area contributed by atoms with Gasteiger partial charge >= 0.3 is 0 Å². The monoisotopic (exact) mass is 743 g/mol. The van der Waals surface area contributed by atoms with E-state index in [0.29, 0.717) is 5.92 Å². The van der Waals surface area contributed by atoms with Crippen LogP contribution >= 0.6 is 0 Å². The first kappa shape index (κ1) is 38.9. The van der Waals surface area contributed by atoms with Gasteiger partial charge in [0.2, 0.25) is 0 Å². The number of fused-ring (bicyclic) bond motifs is 8. The third kappa shape index (κ3) is 7.48. The van der Waals surface area contributed by atoms with Gasteiger partial charge in [-0.1, -0.05) is 154 Å². The summed E-state index contributed by atoms with van der Waals surface area (Å²) in [5.74, 6) is 1.39. The average Bonchev–Trinajstić information content (AvgIpc) is 3.81. The van der Waals surface area contributed by atoms with Gasteiger partial charge in [-0.2, -0.15) is 0 Å². The van der Waals surface area contributed by atoms with Crippen LogP contribution in [0.1, 0.15) is 86.2 Å². The molecule has 1 unspecified atom stereocenters. The van der Waals surface area contributed by atoms with E-state index in [4.69, 9.17) is 4.42 Å². The summed E-state index contributed by atoms with van der Waals surface area (Å²) in [5.41, 5.74) is 17.5. The summed E-state index contributed by atoms with van der Waals surface area (Å²) in [6, 6.07) is 39.9. The fourth-order valence-electron chi connectivity index (χ4n) is 8.36. The molecule has 2 aliphatic rings. The van der Waals surface area contributed by atoms with Crippen molar-refractivity contribution in [1.82, 2.24) is 4.57 Å². The minimum atomic E-state index is 0.528. The minimum Gasteiger partial charge on any atom is -0.455 e. The molecule has 9 rings (SSSR count). The first-order chi connectivity index (χ1) is 28.0. The summed E-state index contributed by atoms with van der Waals surface area (Å²) in [5, 5.41) is 2.49. The lowest BCUT2D eigenvalue weighted by Crippen LogP contribution is -2.08. The molecule has 5 aromatic carbocycles. The van der Waals surface area contributed by atoms with Crippen molar-refractivity contribution in [2.24, 2.45) is 0 Å². The maximum Gasteiger partial charge on any atom is 0.142 e. The Kier molecular flexibility index (Phi) is 12.0. The van der Waals surface area contributed by atoms with Crippen molar-refractivity contribution in [3.63, 3.8) is 0 Å². The van der Waals surface area contributed by atoms with Crippen LogP contribution < -0.4 is 0 Å². The van der Waals surface area contributed by atoms with Gasteiger partial charge in [0.05, 0.1) is 5.52 Å². The van der Waals surface area contributed by atoms with E-state index in [2.05, 4.69) is 141 Å². The number of aryl methyl sites for hydroxylation is 1. The Morgan fingerprint density at radius 1 is 0.772 bits per heavy atom. The molecule has 0 aliphatic heterocycles. The van der Waals surface area contributed by atoms with Crippen LogP contribution in [-0.2, 0) is 12.8 Å². The zero-order chi connectivity index (χ0) is 39.9. The van der Waals surface area contributed by atoms with Crippen molar-refractivity contribution >= 4 is 39.6 Å². The number of para-hydroxylation sites is 1. The van der Waals surface area contributed by atoms with Crippen molar-refractivity contribution in [2.45, 2.75) is 59.8 Å². The molecule has 0 N–H and O–H groups in total. The van der Waals surface area contributed by atoms with Gasteiger partial charge < -0.3 is 8.98 Å². The van der Waals surface area contributed by atoms with Gasteiger partial charge in [-0.15, -0.1) is 0 Å². The highest BCUT2D eigenvalue weighted by Crippen LogP contribution is 2.47. The van der Waals surface area contributed by atoms with Gasteiger partial charge in [-0.3, -0.25) is 0 Å². The molecule has 284 valence electrons. The third-order valence-electron chi connectivity index (χ3n) is 11.2. The Balaban J connectivity index is 0.000000501. The van der Waals surface area contributed by atoms with E-state index in [0.717, 1.165) is 52.7 Å². The first-order valence-corrected chi connectivity index (χ1v) is 20.3. The maximum atomic E-state index is 6.40. The Morgan fingerprint density at radius 3 is 2.26 bits per heavy atom. The number of hydrogen-bond donors (Lipinski definition) is 0. The molecule has 2 heteroatoms. The van der Waals surface area contributed by atoms with E-state index >= 15 is 0 Å². The summed E-state index contributed by atoms with van der Waals surface area (Å²) in [6.07, 6.45) is 21.5. The van der Waals surface area contributed by atoms with Gasteiger partial charge in [0.15, 0.2) is 0 Å². The number of benzene rings is 5. The molecule has 2 nitrogen and oxygen atoms in total. The lowest BCUT2D eigenvalue weighted by Gasteiger charge is -2.21. The Hall–Kier alpha value is -6.38. The van der Waals surface area contributed by atoms with Gasteiger partial charge in [0.25, 0.3) is 0 Å². The zero-order valence-corrected chi connectivity index (χ0v) is 34.1. The van der Waals surface area contributed by atoms with Gasteiger partial charge in [0, 0.05) is 38.9 Å². The molecular weight excluding hydrogens is 691 g/mol. The molecule has 7 aromatic rings. The quantitative estimate of drug-likeness (QED) is 0.123. The molecule has 0 radical (unpaired) electrons. The number of aromatic nitrogens is 1. The highest BCUT2D eigenvalue weighted by Gasteiger charge is 2.28. The van der Waals surface area contributed by atoms with Gasteiger partial charge in [-0.05, 0) is 122 Å². The molecule has 2 aromatic heterocycles. The van der Waals surface area contributed by atoms with Crippen LogP contribution in [0.3, 0.4) is 0 Å². The van der Waals surface area contributed by atoms with Crippen molar-refractivity contribution in [3.05, 3.63) is 204 Å². The zero-order valence-electron chi connectivity index (χ0n) is 34.1. The largest absolute Gasteiger partial charge is 0.455 e. The van der Waals surface area contributed by atoms with Crippen molar-refractivity contribution < 1.29 is 4.42 Å². The standard InChI is InChI=1S/C46H37NO.C5H8.C4H8/c1-4-35(46-36(5-2)39-17-8-9-19-43(39)48-46)33-15-11-14-32(28-33)30-20-23-34(24-21-30)47-41-26-22-31-13-6-7-16-38(31)44(41)45-40-18-10-12-29(3)37(40)25-27-42(45)47;1-3-5-4-2;1-3-4-2/h4-11,13-21,23-25,27-29H,2,12,22,26H2,1,3H3;3-5H,1H2,2H3;3-4H,1-2H3/b35-4-;5-4-;4-3-. The van der Waals surface area contributed by atoms with Gasteiger partial charge in [0.1, 0.15) is 11.3 Å². The summed E-state index contributed by atoms with van der Waals surface area (Å²) in [4.78, 5) is 0. The molecule has 0 spiro atoms. The smallest absolute Gasteiger partial charge is 0.142 e. The van der Waals surface area contributed by atoms with Crippen LogP contribution in [0.15, 0.2) is 169 Å². The van der Waals surface area contributed by atoms with Crippen LogP contribution in [0.2, 0.25) is 0 Å². The second-order valence-corrected chi connectivity index (χ2v) is 14.6.